The Balaban J connectivity index is 1.75. The molecule has 23 heavy (non-hydrogen) atoms. The van der Waals surface area contributed by atoms with E-state index in [2.05, 4.69) is 21.0 Å². The second kappa shape index (κ2) is 6.21. The summed E-state index contributed by atoms with van der Waals surface area (Å²) < 4.78 is 1.66. The molecule has 1 aromatic carbocycles. The molecule has 0 aliphatic carbocycles. The van der Waals surface area contributed by atoms with Crippen LogP contribution in [0.5, 0.6) is 0 Å². The van der Waals surface area contributed by atoms with E-state index in [1.54, 1.807) is 24.0 Å². The van der Waals surface area contributed by atoms with Crippen molar-refractivity contribution in [3.05, 3.63) is 41.7 Å². The summed E-state index contributed by atoms with van der Waals surface area (Å²) in [5.41, 5.74) is 3.37. The highest BCUT2D eigenvalue weighted by Crippen LogP contribution is 2.26. The number of nitrogens with one attached hydrogen (secondary N) is 3. The van der Waals surface area contributed by atoms with Crippen molar-refractivity contribution in [3.8, 4) is 0 Å². The predicted molar refractivity (Wildman–Crippen MR) is 87.0 cm³/mol. The average Bonchev–Trinajstić information content (AvgIpc) is 2.94. The van der Waals surface area contributed by atoms with Gasteiger partial charge in [-0.25, -0.2) is 0 Å². The summed E-state index contributed by atoms with van der Waals surface area (Å²) in [5.74, 6) is -0.124. The molecule has 1 aliphatic rings. The van der Waals surface area contributed by atoms with Crippen LogP contribution in [0, 0.1) is 0 Å². The molecule has 1 aliphatic heterocycles. The summed E-state index contributed by atoms with van der Waals surface area (Å²) in [4.78, 5) is 23.9. The normalized spacial score (nSPS) is 14.8. The summed E-state index contributed by atoms with van der Waals surface area (Å²) in [6, 6.07) is 5.04. The van der Waals surface area contributed by atoms with Crippen LogP contribution in [-0.2, 0) is 23.1 Å². The molecule has 7 heteroatoms. The summed E-state index contributed by atoms with van der Waals surface area (Å²) in [6.07, 6.45) is 4.63. The van der Waals surface area contributed by atoms with Crippen LogP contribution in [0.2, 0.25) is 0 Å². The zero-order chi connectivity index (χ0) is 16.4. The Morgan fingerprint density at radius 2 is 2.22 bits per heavy atom. The van der Waals surface area contributed by atoms with Crippen molar-refractivity contribution in [2.45, 2.75) is 18.9 Å². The van der Waals surface area contributed by atoms with Crippen molar-refractivity contribution < 1.29 is 9.59 Å². The number of likely N-dealkylation sites (N-methyl/N-ethyl adjacent to an activating group) is 1. The molecule has 2 heterocycles. The van der Waals surface area contributed by atoms with Crippen LogP contribution in [0.15, 0.2) is 30.6 Å². The van der Waals surface area contributed by atoms with E-state index in [4.69, 9.17) is 0 Å². The van der Waals surface area contributed by atoms with Gasteiger partial charge in [0.05, 0.1) is 6.20 Å². The molecule has 0 bridgehead atoms. The molecule has 3 N–H and O–H groups in total. The minimum absolute atomic E-state index is 0.0288. The summed E-state index contributed by atoms with van der Waals surface area (Å²) in [6.45, 7) is 0. The van der Waals surface area contributed by atoms with Gasteiger partial charge in [0.15, 0.2) is 0 Å². The first-order valence-corrected chi connectivity index (χ1v) is 7.46. The fraction of sp³-hybridized carbons (Fsp3) is 0.312. The van der Waals surface area contributed by atoms with Crippen LogP contribution >= 0.6 is 0 Å². The van der Waals surface area contributed by atoms with E-state index in [9.17, 15) is 9.59 Å². The maximum atomic E-state index is 12.5. The van der Waals surface area contributed by atoms with Crippen molar-refractivity contribution in [1.82, 2.24) is 15.1 Å². The van der Waals surface area contributed by atoms with E-state index < -0.39 is 6.04 Å². The smallest absolute Gasteiger partial charge is 0.246 e. The number of carbonyl (C=O) groups is 2. The van der Waals surface area contributed by atoms with Crippen LogP contribution in [-0.4, -0.2) is 28.6 Å². The Morgan fingerprint density at radius 3 is 2.91 bits per heavy atom. The molecule has 120 valence electrons. The van der Waals surface area contributed by atoms with Gasteiger partial charge in [-0.15, -0.1) is 0 Å². The van der Waals surface area contributed by atoms with Gasteiger partial charge in [0.25, 0.3) is 0 Å². The van der Waals surface area contributed by atoms with Gasteiger partial charge >= 0.3 is 0 Å². The molecule has 3 rings (SSSR count). The van der Waals surface area contributed by atoms with Gasteiger partial charge in [-0.1, -0.05) is 0 Å². The zero-order valence-electron chi connectivity index (χ0n) is 13.1. The predicted octanol–water partition coefficient (Wildman–Crippen LogP) is 1.20. The van der Waals surface area contributed by atoms with E-state index >= 15 is 0 Å². The minimum atomic E-state index is -0.473. The Kier molecular flexibility index (Phi) is 4.12. The zero-order valence-corrected chi connectivity index (χ0v) is 13.1. The molecule has 0 saturated carbocycles. The lowest BCUT2D eigenvalue weighted by atomic mass is 10.0. The minimum Gasteiger partial charge on any atom is -0.326 e. The number of hydrogen-bond donors (Lipinski definition) is 3. The molecular formula is C16H19N5O2. The first-order valence-electron chi connectivity index (χ1n) is 7.46. The van der Waals surface area contributed by atoms with E-state index in [-0.39, 0.29) is 11.8 Å². The molecule has 7 nitrogen and oxygen atoms in total. The number of amides is 2. The van der Waals surface area contributed by atoms with Gasteiger partial charge in [-0.3, -0.25) is 14.3 Å². The Labute approximate surface area is 134 Å². The maximum Gasteiger partial charge on any atom is 0.246 e. The van der Waals surface area contributed by atoms with Gasteiger partial charge in [0, 0.05) is 36.6 Å². The number of aryl methyl sites for hydroxylation is 2. The Morgan fingerprint density at radius 1 is 1.39 bits per heavy atom. The van der Waals surface area contributed by atoms with Crippen molar-refractivity contribution in [2.75, 3.05) is 17.7 Å². The molecule has 2 amide bonds. The topological polar surface area (TPSA) is 88.1 Å². The Hall–Kier alpha value is -2.67. The second-order valence-corrected chi connectivity index (χ2v) is 5.58. The lowest BCUT2D eigenvalue weighted by molar-refractivity contribution is -0.118. The van der Waals surface area contributed by atoms with Crippen molar-refractivity contribution in [2.24, 2.45) is 7.05 Å². The van der Waals surface area contributed by atoms with Crippen molar-refractivity contribution in [3.63, 3.8) is 0 Å². The van der Waals surface area contributed by atoms with Crippen LogP contribution in [0.4, 0.5) is 11.4 Å². The molecule has 1 unspecified atom stereocenters. The van der Waals surface area contributed by atoms with Crippen LogP contribution < -0.4 is 16.0 Å². The largest absolute Gasteiger partial charge is 0.326 e. The van der Waals surface area contributed by atoms with Crippen molar-refractivity contribution in [1.29, 1.82) is 0 Å². The number of benzene rings is 1. The molecular weight excluding hydrogens is 294 g/mol. The van der Waals surface area contributed by atoms with E-state index in [1.807, 2.05) is 25.4 Å². The van der Waals surface area contributed by atoms with E-state index in [0.717, 1.165) is 16.8 Å². The molecule has 0 radical (unpaired) electrons. The third-order valence-electron chi connectivity index (χ3n) is 3.88. The molecule has 0 spiro atoms. The van der Waals surface area contributed by atoms with Gasteiger partial charge < -0.3 is 16.0 Å². The van der Waals surface area contributed by atoms with Gasteiger partial charge in [-0.2, -0.15) is 5.10 Å². The first-order chi connectivity index (χ1) is 11.1. The molecule has 1 atom stereocenters. The number of aromatic nitrogens is 2. The molecule has 0 fully saturated rings. The number of nitrogens with zero attached hydrogens (tertiary/aromatic N) is 2. The number of carbonyl (C=O) groups excluding carboxylic acids is 2. The Bertz CT molecular complexity index is 753. The van der Waals surface area contributed by atoms with Gasteiger partial charge in [-0.05, 0) is 37.2 Å². The lowest BCUT2D eigenvalue weighted by Gasteiger charge is -2.19. The summed E-state index contributed by atoms with van der Waals surface area (Å²) in [7, 11) is 3.55. The third kappa shape index (κ3) is 3.24. The highest BCUT2D eigenvalue weighted by Gasteiger charge is 2.21. The highest BCUT2D eigenvalue weighted by molar-refractivity contribution is 5.97. The monoisotopic (exact) mass is 313 g/mol. The average molecular weight is 313 g/mol. The standard InChI is InChI=1S/C16H19N5O2/c1-17-15(11-8-18-21(2)9-11)16(23)19-12-4-5-13-10(7-12)3-6-14(22)20-13/h4-5,7-9,15,17H,3,6H2,1-2H3,(H,19,23)(H,20,22). The second-order valence-electron chi connectivity index (χ2n) is 5.58. The van der Waals surface area contributed by atoms with Crippen LogP contribution in [0.3, 0.4) is 0 Å². The van der Waals surface area contributed by atoms with E-state index in [0.29, 0.717) is 18.5 Å². The van der Waals surface area contributed by atoms with E-state index in [1.165, 1.54) is 0 Å². The quantitative estimate of drug-likeness (QED) is 0.791. The lowest BCUT2D eigenvalue weighted by Crippen LogP contribution is -2.30. The SMILES string of the molecule is CNC(C(=O)Nc1ccc2c(c1)CCC(=O)N2)c1cnn(C)c1. The molecule has 0 saturated heterocycles. The van der Waals surface area contributed by atoms with Gasteiger partial charge in [0.2, 0.25) is 11.8 Å². The fourth-order valence-electron chi connectivity index (χ4n) is 2.71. The van der Waals surface area contributed by atoms with Gasteiger partial charge in [0.1, 0.15) is 6.04 Å². The summed E-state index contributed by atoms with van der Waals surface area (Å²) in [5, 5.41) is 12.8. The van der Waals surface area contributed by atoms with Crippen molar-refractivity contribution >= 4 is 23.2 Å². The highest BCUT2D eigenvalue weighted by atomic mass is 16.2. The number of fused-ring (bicyclic) bond motifs is 1. The number of rotatable bonds is 4. The fourth-order valence-corrected chi connectivity index (χ4v) is 2.71. The van der Waals surface area contributed by atoms with Crippen LogP contribution in [0.1, 0.15) is 23.6 Å². The molecule has 1 aromatic heterocycles. The number of hydrogen-bond acceptors (Lipinski definition) is 4. The maximum absolute atomic E-state index is 12.5. The first kappa shape index (κ1) is 15.2. The molecule has 2 aromatic rings. The third-order valence-corrected chi connectivity index (χ3v) is 3.88. The summed E-state index contributed by atoms with van der Waals surface area (Å²) >= 11 is 0. The number of anilines is 2. The van der Waals surface area contributed by atoms with Crippen LogP contribution in [0.25, 0.3) is 0 Å².